The first-order valence-electron chi connectivity index (χ1n) is 7.07. The Bertz CT molecular complexity index is 501. The zero-order valence-corrected chi connectivity index (χ0v) is 14.5. The SMILES string of the molecule is CC1CN(Cc2cnc(Cl)s2)CCN1C(=O)OC(C)(C)C. The average molecular weight is 332 g/mol. The molecule has 1 unspecified atom stereocenters. The summed E-state index contributed by atoms with van der Waals surface area (Å²) in [5.41, 5.74) is -0.451. The lowest BCUT2D eigenvalue weighted by Gasteiger charge is -2.40. The van der Waals surface area contributed by atoms with Gasteiger partial charge in [0.05, 0.1) is 0 Å². The standard InChI is InChI=1S/C14H22ClN3O2S/c1-10-8-17(9-11-7-16-12(15)21-11)5-6-18(10)13(19)20-14(2,3)4/h7,10H,5-6,8-9H2,1-4H3. The van der Waals surface area contributed by atoms with Gasteiger partial charge in [0, 0.05) is 43.3 Å². The second-order valence-corrected chi connectivity index (χ2v) is 8.03. The molecule has 0 bridgehead atoms. The lowest BCUT2D eigenvalue weighted by molar-refractivity contribution is 0.000661. The molecule has 118 valence electrons. The minimum absolute atomic E-state index is 0.136. The third-order valence-electron chi connectivity index (χ3n) is 3.24. The number of nitrogens with zero attached hydrogens (tertiary/aromatic N) is 3. The number of carbonyl (C=O) groups excluding carboxylic acids is 1. The molecule has 0 radical (unpaired) electrons. The Morgan fingerprint density at radius 1 is 1.52 bits per heavy atom. The van der Waals surface area contributed by atoms with Crippen molar-refractivity contribution in [2.24, 2.45) is 0 Å². The van der Waals surface area contributed by atoms with Crippen molar-refractivity contribution in [2.75, 3.05) is 19.6 Å². The van der Waals surface area contributed by atoms with Crippen LogP contribution in [0, 0.1) is 0 Å². The van der Waals surface area contributed by atoms with Gasteiger partial charge in [0.25, 0.3) is 0 Å². The number of rotatable bonds is 2. The number of thiazole rings is 1. The fraction of sp³-hybridized carbons (Fsp3) is 0.714. The first-order valence-corrected chi connectivity index (χ1v) is 8.26. The van der Waals surface area contributed by atoms with E-state index in [9.17, 15) is 4.79 Å². The van der Waals surface area contributed by atoms with Crippen molar-refractivity contribution in [1.82, 2.24) is 14.8 Å². The molecular weight excluding hydrogens is 310 g/mol. The number of hydrogen-bond acceptors (Lipinski definition) is 5. The predicted molar refractivity (Wildman–Crippen MR) is 84.8 cm³/mol. The van der Waals surface area contributed by atoms with Crippen LogP contribution in [0.5, 0.6) is 0 Å². The lowest BCUT2D eigenvalue weighted by atomic mass is 10.2. The second kappa shape index (κ2) is 6.50. The minimum atomic E-state index is -0.451. The maximum Gasteiger partial charge on any atom is 0.410 e. The summed E-state index contributed by atoms with van der Waals surface area (Å²) in [5, 5.41) is 0. The summed E-state index contributed by atoms with van der Waals surface area (Å²) in [6.07, 6.45) is 1.59. The quantitative estimate of drug-likeness (QED) is 0.834. The molecule has 0 N–H and O–H groups in total. The Labute approximate surface area is 134 Å². The third-order valence-corrected chi connectivity index (χ3v) is 4.34. The highest BCUT2D eigenvalue weighted by atomic mass is 35.5. The Hall–Kier alpha value is -0.850. The van der Waals surface area contributed by atoms with E-state index in [1.807, 2.05) is 27.0 Å². The van der Waals surface area contributed by atoms with Gasteiger partial charge in [-0.15, -0.1) is 11.3 Å². The molecule has 2 rings (SSSR count). The zero-order valence-electron chi connectivity index (χ0n) is 12.9. The Morgan fingerprint density at radius 3 is 2.76 bits per heavy atom. The molecule has 1 atom stereocenters. The molecule has 1 aromatic rings. The molecule has 1 aliphatic heterocycles. The molecule has 21 heavy (non-hydrogen) atoms. The van der Waals surface area contributed by atoms with Crippen LogP contribution in [0.2, 0.25) is 4.47 Å². The summed E-state index contributed by atoms with van der Waals surface area (Å²) >= 11 is 7.36. The summed E-state index contributed by atoms with van der Waals surface area (Å²) in [6.45, 7) is 10.9. The molecule has 0 spiro atoms. The fourth-order valence-corrected chi connectivity index (χ4v) is 3.37. The van der Waals surface area contributed by atoms with E-state index in [1.54, 1.807) is 4.90 Å². The summed E-state index contributed by atoms with van der Waals surface area (Å²) in [4.78, 5) is 21.5. The van der Waals surface area contributed by atoms with Crippen LogP contribution in [0.4, 0.5) is 4.79 Å². The maximum atomic E-state index is 12.2. The van der Waals surface area contributed by atoms with Crippen LogP contribution in [0.15, 0.2) is 6.20 Å². The molecule has 1 fully saturated rings. The van der Waals surface area contributed by atoms with Gasteiger partial charge in [-0.25, -0.2) is 9.78 Å². The largest absolute Gasteiger partial charge is 0.444 e. The number of hydrogen-bond donors (Lipinski definition) is 0. The van der Waals surface area contributed by atoms with Crippen LogP contribution in [0.1, 0.15) is 32.6 Å². The summed E-state index contributed by atoms with van der Waals surface area (Å²) in [6, 6.07) is 0.136. The number of aromatic nitrogens is 1. The van der Waals surface area contributed by atoms with Crippen molar-refractivity contribution in [3.8, 4) is 0 Å². The van der Waals surface area contributed by atoms with Crippen LogP contribution < -0.4 is 0 Å². The van der Waals surface area contributed by atoms with Crippen LogP contribution in [-0.2, 0) is 11.3 Å². The van der Waals surface area contributed by atoms with Crippen LogP contribution in [0.25, 0.3) is 0 Å². The first kappa shape index (κ1) is 16.5. The topological polar surface area (TPSA) is 45.7 Å². The van der Waals surface area contributed by atoms with E-state index >= 15 is 0 Å². The first-order chi connectivity index (χ1) is 9.74. The zero-order chi connectivity index (χ0) is 15.6. The minimum Gasteiger partial charge on any atom is -0.444 e. The Morgan fingerprint density at radius 2 is 2.24 bits per heavy atom. The van der Waals surface area contributed by atoms with Crippen LogP contribution >= 0.6 is 22.9 Å². The Kier molecular flexibility index (Phi) is 5.11. The highest BCUT2D eigenvalue weighted by Gasteiger charge is 2.30. The number of amides is 1. The third kappa shape index (κ3) is 4.83. The molecule has 0 aliphatic carbocycles. The molecule has 1 saturated heterocycles. The van der Waals surface area contributed by atoms with Crippen molar-refractivity contribution in [1.29, 1.82) is 0 Å². The molecule has 2 heterocycles. The molecule has 0 saturated carbocycles. The van der Waals surface area contributed by atoms with E-state index in [1.165, 1.54) is 11.3 Å². The van der Waals surface area contributed by atoms with E-state index in [-0.39, 0.29) is 12.1 Å². The Balaban J connectivity index is 1.88. The van der Waals surface area contributed by atoms with Gasteiger partial charge in [-0.2, -0.15) is 0 Å². The summed E-state index contributed by atoms with van der Waals surface area (Å²) in [7, 11) is 0. The molecule has 5 nitrogen and oxygen atoms in total. The van der Waals surface area contributed by atoms with Crippen molar-refractivity contribution >= 4 is 29.0 Å². The number of ether oxygens (including phenoxy) is 1. The smallest absolute Gasteiger partial charge is 0.410 e. The normalized spacial score (nSPS) is 20.6. The van der Waals surface area contributed by atoms with E-state index in [4.69, 9.17) is 16.3 Å². The molecule has 1 aromatic heterocycles. The van der Waals surface area contributed by atoms with Crippen molar-refractivity contribution in [3.05, 3.63) is 15.5 Å². The monoisotopic (exact) mass is 331 g/mol. The van der Waals surface area contributed by atoms with Gasteiger partial charge < -0.3 is 9.64 Å². The van der Waals surface area contributed by atoms with Gasteiger partial charge in [0.1, 0.15) is 5.60 Å². The van der Waals surface area contributed by atoms with Gasteiger partial charge in [-0.1, -0.05) is 11.6 Å². The van der Waals surface area contributed by atoms with E-state index in [0.717, 1.165) is 24.5 Å². The highest BCUT2D eigenvalue weighted by Crippen LogP contribution is 2.21. The van der Waals surface area contributed by atoms with Gasteiger partial charge in [0.2, 0.25) is 0 Å². The second-order valence-electron chi connectivity index (χ2n) is 6.34. The van der Waals surface area contributed by atoms with Gasteiger partial charge in [0.15, 0.2) is 4.47 Å². The summed E-state index contributed by atoms with van der Waals surface area (Å²) in [5.74, 6) is 0. The number of carbonyl (C=O) groups is 1. The van der Waals surface area contributed by atoms with E-state index in [0.29, 0.717) is 11.0 Å². The number of piperazine rings is 1. The predicted octanol–water partition coefficient (Wildman–Crippen LogP) is 3.24. The summed E-state index contributed by atoms with van der Waals surface area (Å²) < 4.78 is 6.02. The van der Waals surface area contributed by atoms with Crippen LogP contribution in [-0.4, -0.2) is 52.2 Å². The van der Waals surface area contributed by atoms with Crippen molar-refractivity contribution < 1.29 is 9.53 Å². The number of halogens is 1. The van der Waals surface area contributed by atoms with Gasteiger partial charge in [-0.05, 0) is 27.7 Å². The van der Waals surface area contributed by atoms with E-state index < -0.39 is 5.60 Å². The van der Waals surface area contributed by atoms with Crippen LogP contribution in [0.3, 0.4) is 0 Å². The van der Waals surface area contributed by atoms with Crippen molar-refractivity contribution in [3.63, 3.8) is 0 Å². The maximum absolute atomic E-state index is 12.2. The lowest BCUT2D eigenvalue weighted by Crippen LogP contribution is -2.54. The molecular formula is C14H22ClN3O2S. The molecule has 1 aliphatic rings. The molecule has 0 aromatic carbocycles. The average Bonchev–Trinajstić information content (AvgIpc) is 2.72. The van der Waals surface area contributed by atoms with Crippen molar-refractivity contribution in [2.45, 2.75) is 45.9 Å². The van der Waals surface area contributed by atoms with E-state index in [2.05, 4.69) is 16.8 Å². The molecule has 1 amide bonds. The van der Waals surface area contributed by atoms with Gasteiger partial charge >= 0.3 is 6.09 Å². The highest BCUT2D eigenvalue weighted by molar-refractivity contribution is 7.15. The fourth-order valence-electron chi connectivity index (χ4n) is 2.35. The van der Waals surface area contributed by atoms with Gasteiger partial charge in [-0.3, -0.25) is 4.90 Å². The molecule has 7 heteroatoms.